The number of hydrogen-bond acceptors (Lipinski definition) is 2. The maximum atomic E-state index is 6.22. The fourth-order valence-corrected chi connectivity index (χ4v) is 6.00. The number of fused-ring (bicyclic) bond motifs is 10. The van der Waals surface area contributed by atoms with Gasteiger partial charge < -0.3 is 8.82 Å². The molecule has 3 heteroatoms. The molecule has 0 saturated heterocycles. The molecule has 0 atom stereocenters. The van der Waals surface area contributed by atoms with E-state index in [4.69, 9.17) is 9.40 Å². The smallest absolute Gasteiger partial charge is 0.136 e. The van der Waals surface area contributed by atoms with E-state index in [0.717, 1.165) is 22.4 Å². The van der Waals surface area contributed by atoms with Crippen molar-refractivity contribution in [1.82, 2.24) is 9.38 Å². The molecule has 0 spiro atoms. The first-order chi connectivity index (χ1) is 17.5. The van der Waals surface area contributed by atoms with E-state index in [1.165, 1.54) is 54.4 Å². The minimum Gasteiger partial charge on any atom is -0.456 e. The van der Waals surface area contributed by atoms with E-state index in [9.17, 15) is 0 Å². The van der Waals surface area contributed by atoms with Crippen molar-refractivity contribution in [3.63, 3.8) is 0 Å². The van der Waals surface area contributed by atoms with E-state index < -0.39 is 0 Å². The van der Waals surface area contributed by atoms with Crippen LogP contribution in [-0.2, 0) is 5.41 Å². The van der Waals surface area contributed by atoms with Gasteiger partial charge in [-0.2, -0.15) is 0 Å². The zero-order chi connectivity index (χ0) is 24.2. The van der Waals surface area contributed by atoms with Crippen molar-refractivity contribution in [2.75, 3.05) is 0 Å². The summed E-state index contributed by atoms with van der Waals surface area (Å²) in [4.78, 5) is 4.72. The Labute approximate surface area is 207 Å². The van der Waals surface area contributed by atoms with E-state index in [1.54, 1.807) is 0 Å². The minimum atomic E-state index is 0.0832. The van der Waals surface area contributed by atoms with Gasteiger partial charge in [-0.05, 0) is 53.4 Å². The highest BCUT2D eigenvalue weighted by Crippen LogP contribution is 2.44. The van der Waals surface area contributed by atoms with Gasteiger partial charge in [0.25, 0.3) is 0 Å². The van der Waals surface area contributed by atoms with Gasteiger partial charge in [-0.3, -0.25) is 4.98 Å². The lowest BCUT2D eigenvalue weighted by atomic mass is 9.87. The van der Waals surface area contributed by atoms with Crippen molar-refractivity contribution < 1.29 is 4.42 Å². The molecule has 0 saturated carbocycles. The summed E-state index contributed by atoms with van der Waals surface area (Å²) in [5, 5.41) is 7.44. The zero-order valence-corrected chi connectivity index (χ0v) is 20.5. The summed E-state index contributed by atoms with van der Waals surface area (Å²) in [6, 6.07) is 30.5. The van der Waals surface area contributed by atoms with E-state index in [2.05, 4.69) is 104 Å². The van der Waals surface area contributed by atoms with Crippen LogP contribution in [0.4, 0.5) is 0 Å². The van der Waals surface area contributed by atoms with E-state index >= 15 is 0 Å². The van der Waals surface area contributed by atoms with Crippen molar-refractivity contribution in [2.45, 2.75) is 26.2 Å². The van der Waals surface area contributed by atoms with Gasteiger partial charge in [-0.15, -0.1) is 0 Å². The highest BCUT2D eigenvalue weighted by molar-refractivity contribution is 6.32. The van der Waals surface area contributed by atoms with Crippen LogP contribution in [0.2, 0.25) is 0 Å². The fraction of sp³-hybridized carbons (Fsp3) is 0.121. The minimum absolute atomic E-state index is 0.0832. The normalized spacial score (nSPS) is 12.9. The number of rotatable bonds is 1. The molecule has 0 aliphatic carbocycles. The number of benzene rings is 4. The van der Waals surface area contributed by atoms with Gasteiger partial charge >= 0.3 is 0 Å². The first-order valence-electron chi connectivity index (χ1n) is 12.5. The highest BCUT2D eigenvalue weighted by Gasteiger charge is 2.21. The SMILES string of the molecule is CC(C)(C)c1ccnc(-c2ccc3c(c2)c2cccc4c5c6c(ccc5n3c24)oc2ccccc26)c1. The van der Waals surface area contributed by atoms with Crippen molar-refractivity contribution >= 4 is 60.0 Å². The first-order valence-corrected chi connectivity index (χ1v) is 12.5. The van der Waals surface area contributed by atoms with Crippen molar-refractivity contribution in [3.05, 3.63) is 96.7 Å². The van der Waals surface area contributed by atoms with Crippen LogP contribution in [0, 0.1) is 0 Å². The molecule has 36 heavy (non-hydrogen) atoms. The average Bonchev–Trinajstić information content (AvgIpc) is 3.54. The quantitative estimate of drug-likeness (QED) is 0.242. The van der Waals surface area contributed by atoms with Gasteiger partial charge in [0, 0.05) is 44.1 Å². The summed E-state index contributed by atoms with van der Waals surface area (Å²) >= 11 is 0. The Bertz CT molecular complexity index is 2140. The molecule has 0 N–H and O–H groups in total. The second kappa shape index (κ2) is 6.64. The van der Waals surface area contributed by atoms with E-state index in [-0.39, 0.29) is 5.41 Å². The molecule has 0 bridgehead atoms. The van der Waals surface area contributed by atoms with Crippen LogP contribution in [0.25, 0.3) is 71.3 Å². The number of aromatic nitrogens is 2. The van der Waals surface area contributed by atoms with Crippen molar-refractivity contribution in [1.29, 1.82) is 0 Å². The van der Waals surface area contributed by atoms with Gasteiger partial charge in [0.15, 0.2) is 0 Å². The molecule has 0 unspecified atom stereocenters. The molecule has 8 rings (SSSR count). The topological polar surface area (TPSA) is 30.4 Å². The van der Waals surface area contributed by atoms with Gasteiger partial charge in [-0.1, -0.05) is 63.2 Å². The van der Waals surface area contributed by atoms with Gasteiger partial charge in [0.2, 0.25) is 0 Å². The Kier molecular flexibility index (Phi) is 3.67. The lowest BCUT2D eigenvalue weighted by Crippen LogP contribution is -2.11. The predicted octanol–water partition coefficient (Wildman–Crippen LogP) is 9.10. The molecule has 0 amide bonds. The second-order valence-corrected chi connectivity index (χ2v) is 10.9. The number of hydrogen-bond donors (Lipinski definition) is 0. The molecule has 4 heterocycles. The summed E-state index contributed by atoms with van der Waals surface area (Å²) in [7, 11) is 0. The Balaban J connectivity index is 1.47. The molecule has 172 valence electrons. The van der Waals surface area contributed by atoms with Crippen LogP contribution in [0.5, 0.6) is 0 Å². The number of para-hydroxylation sites is 2. The summed E-state index contributed by atoms with van der Waals surface area (Å²) in [5.74, 6) is 0. The highest BCUT2D eigenvalue weighted by atomic mass is 16.3. The third-order valence-corrected chi connectivity index (χ3v) is 7.74. The molecule has 8 aromatic rings. The molecule has 3 nitrogen and oxygen atoms in total. The Hall–Kier alpha value is -4.37. The van der Waals surface area contributed by atoms with E-state index in [0.29, 0.717) is 0 Å². The van der Waals surface area contributed by atoms with Crippen LogP contribution in [0.15, 0.2) is 95.5 Å². The molecule has 4 aromatic heterocycles. The summed E-state index contributed by atoms with van der Waals surface area (Å²) < 4.78 is 8.65. The monoisotopic (exact) mass is 464 g/mol. The van der Waals surface area contributed by atoms with E-state index in [1.807, 2.05) is 12.3 Å². The molecular formula is C33H24N2O. The molecule has 4 aromatic carbocycles. The number of nitrogens with zero attached hydrogens (tertiary/aromatic N) is 2. The Morgan fingerprint density at radius 1 is 0.667 bits per heavy atom. The Morgan fingerprint density at radius 2 is 1.47 bits per heavy atom. The summed E-state index contributed by atoms with van der Waals surface area (Å²) in [5.41, 5.74) is 9.13. The Morgan fingerprint density at radius 3 is 2.36 bits per heavy atom. The standard InChI is InChI=1S/C33H24N2O/c1-33(2,3)20-15-16-34-25(18-20)19-11-12-26-24(17-19)21-8-6-9-23-30-27(35(26)32(21)23)13-14-29-31(30)22-7-4-5-10-28(22)36-29/h4-18H,1-3H3. The number of pyridine rings is 1. The van der Waals surface area contributed by atoms with Crippen LogP contribution < -0.4 is 0 Å². The zero-order valence-electron chi connectivity index (χ0n) is 20.5. The van der Waals surface area contributed by atoms with Crippen LogP contribution in [0.3, 0.4) is 0 Å². The van der Waals surface area contributed by atoms with Crippen molar-refractivity contribution in [2.24, 2.45) is 0 Å². The van der Waals surface area contributed by atoms with Gasteiger partial charge in [0.1, 0.15) is 11.2 Å². The second-order valence-electron chi connectivity index (χ2n) is 10.9. The maximum absolute atomic E-state index is 6.22. The fourth-order valence-electron chi connectivity index (χ4n) is 6.00. The van der Waals surface area contributed by atoms with Gasteiger partial charge in [-0.25, -0.2) is 0 Å². The van der Waals surface area contributed by atoms with Crippen molar-refractivity contribution in [3.8, 4) is 11.3 Å². The lowest BCUT2D eigenvalue weighted by Gasteiger charge is -2.19. The summed E-state index contributed by atoms with van der Waals surface area (Å²) in [6.07, 6.45) is 1.93. The first kappa shape index (κ1) is 19.9. The van der Waals surface area contributed by atoms with Crippen LogP contribution >= 0.6 is 0 Å². The molecule has 0 aliphatic rings. The maximum Gasteiger partial charge on any atom is 0.136 e. The molecule has 0 fully saturated rings. The van der Waals surface area contributed by atoms with Gasteiger partial charge in [0.05, 0.1) is 22.2 Å². The predicted molar refractivity (Wildman–Crippen MR) is 150 cm³/mol. The van der Waals surface area contributed by atoms with Crippen LogP contribution in [0.1, 0.15) is 26.3 Å². The molecule has 0 radical (unpaired) electrons. The third-order valence-electron chi connectivity index (χ3n) is 7.74. The molecule has 0 aliphatic heterocycles. The lowest BCUT2D eigenvalue weighted by molar-refractivity contribution is 0.589. The number of furan rings is 1. The largest absolute Gasteiger partial charge is 0.456 e. The van der Waals surface area contributed by atoms with Crippen LogP contribution in [-0.4, -0.2) is 9.38 Å². The summed E-state index contributed by atoms with van der Waals surface area (Å²) in [6.45, 7) is 6.73. The third kappa shape index (κ3) is 2.50. The average molecular weight is 465 g/mol. The molecular weight excluding hydrogens is 440 g/mol.